The second kappa shape index (κ2) is 3.18. The van der Waals surface area contributed by atoms with Crippen LogP contribution in [0.5, 0.6) is 0 Å². The predicted molar refractivity (Wildman–Crippen MR) is 49.2 cm³/mol. The van der Waals surface area contributed by atoms with Gasteiger partial charge < -0.3 is 10.1 Å². The van der Waals surface area contributed by atoms with Crippen LogP contribution in [0.4, 0.5) is 4.39 Å². The molecule has 1 aromatic heterocycles. The molecule has 2 N–H and O–H groups in total. The van der Waals surface area contributed by atoms with Crippen molar-refractivity contribution in [3.8, 4) is 0 Å². The molecule has 0 spiro atoms. The molecule has 2 rings (SSSR count). The number of aromatic nitrogens is 1. The van der Waals surface area contributed by atoms with Crippen molar-refractivity contribution in [3.63, 3.8) is 0 Å². The molecule has 0 amide bonds. The molecule has 0 aliphatic carbocycles. The minimum absolute atomic E-state index is 0.620. The number of hydrogen-bond acceptors (Lipinski definition) is 1. The number of halogens is 1. The van der Waals surface area contributed by atoms with Gasteiger partial charge in [-0.3, -0.25) is 0 Å². The van der Waals surface area contributed by atoms with Crippen LogP contribution in [0.15, 0.2) is 30.5 Å². The first-order valence-corrected chi connectivity index (χ1v) is 4.12. The van der Waals surface area contributed by atoms with Crippen LogP contribution in [0.25, 0.3) is 10.9 Å². The molecule has 0 aliphatic heterocycles. The van der Waals surface area contributed by atoms with Gasteiger partial charge in [-0.05, 0) is 29.1 Å². The molecule has 1 atom stereocenters. The van der Waals surface area contributed by atoms with E-state index >= 15 is 0 Å². The normalized spacial score (nSPS) is 13.4. The molecule has 0 bridgehead atoms. The Hall–Kier alpha value is -1.35. The third-order valence-electron chi connectivity index (χ3n) is 2.11. The maximum Gasteiger partial charge on any atom is 0.119 e. The number of rotatable bonds is 2. The van der Waals surface area contributed by atoms with E-state index < -0.39 is 12.8 Å². The number of alkyl halides is 1. The third kappa shape index (κ3) is 1.42. The van der Waals surface area contributed by atoms with Crippen LogP contribution in [0.2, 0.25) is 0 Å². The Morgan fingerprint density at radius 1 is 1.38 bits per heavy atom. The number of hydrogen-bond donors (Lipinski definition) is 2. The van der Waals surface area contributed by atoms with Crippen molar-refractivity contribution in [2.24, 2.45) is 0 Å². The molecule has 1 heterocycles. The molecule has 2 nitrogen and oxygen atoms in total. The molecule has 0 saturated heterocycles. The minimum atomic E-state index is -1.00. The fraction of sp³-hybridized carbons (Fsp3) is 0.200. The molecular weight excluding hydrogens is 169 g/mol. The van der Waals surface area contributed by atoms with Gasteiger partial charge in [0, 0.05) is 11.7 Å². The second-order valence-electron chi connectivity index (χ2n) is 2.99. The lowest BCUT2D eigenvalue weighted by molar-refractivity contribution is 0.142. The van der Waals surface area contributed by atoms with Gasteiger partial charge in [0.15, 0.2) is 0 Å². The van der Waals surface area contributed by atoms with Crippen molar-refractivity contribution < 1.29 is 9.50 Å². The Morgan fingerprint density at radius 2 is 2.23 bits per heavy atom. The Morgan fingerprint density at radius 3 is 3.00 bits per heavy atom. The van der Waals surface area contributed by atoms with Crippen molar-refractivity contribution in [2.75, 3.05) is 6.67 Å². The summed E-state index contributed by atoms with van der Waals surface area (Å²) in [4.78, 5) is 3.03. The highest BCUT2D eigenvalue weighted by Gasteiger charge is 2.06. The van der Waals surface area contributed by atoms with E-state index in [9.17, 15) is 9.50 Å². The van der Waals surface area contributed by atoms with Gasteiger partial charge in [-0.25, -0.2) is 4.39 Å². The highest BCUT2D eigenvalue weighted by molar-refractivity contribution is 5.79. The first kappa shape index (κ1) is 8.26. The summed E-state index contributed by atoms with van der Waals surface area (Å²) in [5, 5.41) is 10.2. The van der Waals surface area contributed by atoms with Crippen LogP contribution < -0.4 is 0 Å². The van der Waals surface area contributed by atoms with Gasteiger partial charge in [-0.15, -0.1) is 0 Å². The van der Waals surface area contributed by atoms with E-state index in [0.29, 0.717) is 5.56 Å². The van der Waals surface area contributed by atoms with Crippen LogP contribution in [0.1, 0.15) is 11.7 Å². The molecule has 0 fully saturated rings. The zero-order chi connectivity index (χ0) is 9.26. The van der Waals surface area contributed by atoms with Gasteiger partial charge >= 0.3 is 0 Å². The average molecular weight is 179 g/mol. The van der Waals surface area contributed by atoms with Gasteiger partial charge in [-0.2, -0.15) is 0 Å². The SMILES string of the molecule is OC(CF)c1ccc2[nH]ccc2c1. The number of fused-ring (bicyclic) bond motifs is 1. The van der Waals surface area contributed by atoms with Crippen molar-refractivity contribution in [2.45, 2.75) is 6.10 Å². The first-order chi connectivity index (χ1) is 6.31. The predicted octanol–water partition coefficient (Wildman–Crippen LogP) is 2.17. The fourth-order valence-corrected chi connectivity index (χ4v) is 1.37. The highest BCUT2D eigenvalue weighted by Crippen LogP contribution is 2.19. The summed E-state index contributed by atoms with van der Waals surface area (Å²) in [5.74, 6) is 0. The third-order valence-corrected chi connectivity index (χ3v) is 2.11. The zero-order valence-corrected chi connectivity index (χ0v) is 7.00. The molecule has 0 radical (unpaired) electrons. The lowest BCUT2D eigenvalue weighted by atomic mass is 10.1. The molecule has 0 aliphatic rings. The summed E-state index contributed by atoms with van der Waals surface area (Å²) in [6, 6.07) is 7.24. The fourth-order valence-electron chi connectivity index (χ4n) is 1.37. The standard InChI is InChI=1S/C10H10FNO/c11-6-10(13)8-1-2-9-7(5-8)3-4-12-9/h1-5,10,12-13H,6H2. The molecule has 2 aromatic rings. The molecule has 13 heavy (non-hydrogen) atoms. The van der Waals surface area contributed by atoms with E-state index in [2.05, 4.69) is 4.98 Å². The zero-order valence-electron chi connectivity index (χ0n) is 7.00. The monoisotopic (exact) mass is 179 g/mol. The van der Waals surface area contributed by atoms with Crippen LogP contribution in [0.3, 0.4) is 0 Å². The first-order valence-electron chi connectivity index (χ1n) is 4.12. The van der Waals surface area contributed by atoms with Gasteiger partial charge in [0.05, 0.1) is 0 Å². The lowest BCUT2D eigenvalue weighted by Gasteiger charge is -2.05. The van der Waals surface area contributed by atoms with Crippen LogP contribution in [0, 0.1) is 0 Å². The number of benzene rings is 1. The molecule has 3 heteroatoms. The van der Waals surface area contributed by atoms with Gasteiger partial charge in [-0.1, -0.05) is 6.07 Å². The highest BCUT2D eigenvalue weighted by atomic mass is 19.1. The van der Waals surface area contributed by atoms with E-state index in [1.807, 2.05) is 18.3 Å². The van der Waals surface area contributed by atoms with E-state index in [4.69, 9.17) is 0 Å². The maximum atomic E-state index is 12.1. The summed E-state index contributed by atoms with van der Waals surface area (Å²) in [5.41, 5.74) is 1.62. The molecule has 68 valence electrons. The summed E-state index contributed by atoms with van der Waals surface area (Å²) in [6.07, 6.45) is 0.815. The van der Waals surface area contributed by atoms with Gasteiger partial charge in [0.2, 0.25) is 0 Å². The Labute approximate surface area is 75.0 Å². The van der Waals surface area contributed by atoms with Crippen molar-refractivity contribution in [3.05, 3.63) is 36.0 Å². The smallest absolute Gasteiger partial charge is 0.119 e. The Kier molecular flexibility index (Phi) is 2.02. The molecular formula is C10H10FNO. The number of aromatic amines is 1. The number of H-pyrrole nitrogens is 1. The topological polar surface area (TPSA) is 36.0 Å². The Bertz CT molecular complexity index is 410. The summed E-state index contributed by atoms with van der Waals surface area (Å²) < 4.78 is 12.1. The Balaban J connectivity index is 2.48. The summed E-state index contributed by atoms with van der Waals surface area (Å²) >= 11 is 0. The van der Waals surface area contributed by atoms with E-state index in [-0.39, 0.29) is 0 Å². The quantitative estimate of drug-likeness (QED) is 0.728. The van der Waals surface area contributed by atoms with Gasteiger partial charge in [0.25, 0.3) is 0 Å². The lowest BCUT2D eigenvalue weighted by Crippen LogP contribution is -1.98. The van der Waals surface area contributed by atoms with Crippen LogP contribution >= 0.6 is 0 Å². The molecule has 1 unspecified atom stereocenters. The number of aliphatic hydroxyl groups excluding tert-OH is 1. The number of nitrogens with one attached hydrogen (secondary N) is 1. The van der Waals surface area contributed by atoms with E-state index in [1.54, 1.807) is 12.1 Å². The van der Waals surface area contributed by atoms with E-state index in [0.717, 1.165) is 10.9 Å². The maximum absolute atomic E-state index is 12.1. The summed E-state index contributed by atoms with van der Waals surface area (Å²) in [6.45, 7) is -0.740. The minimum Gasteiger partial charge on any atom is -0.386 e. The van der Waals surface area contributed by atoms with Crippen LogP contribution in [-0.2, 0) is 0 Å². The largest absolute Gasteiger partial charge is 0.386 e. The van der Waals surface area contributed by atoms with E-state index in [1.165, 1.54) is 0 Å². The molecule has 1 aromatic carbocycles. The van der Waals surface area contributed by atoms with Crippen molar-refractivity contribution in [1.29, 1.82) is 0 Å². The van der Waals surface area contributed by atoms with Gasteiger partial charge in [0.1, 0.15) is 12.8 Å². The van der Waals surface area contributed by atoms with Crippen LogP contribution in [-0.4, -0.2) is 16.8 Å². The van der Waals surface area contributed by atoms with Crippen molar-refractivity contribution in [1.82, 2.24) is 4.98 Å². The number of aliphatic hydroxyl groups is 1. The average Bonchev–Trinajstić information content (AvgIpc) is 2.63. The van der Waals surface area contributed by atoms with Crippen molar-refractivity contribution >= 4 is 10.9 Å². The summed E-state index contributed by atoms with van der Waals surface area (Å²) in [7, 11) is 0. The molecule has 0 saturated carbocycles. The second-order valence-corrected chi connectivity index (χ2v) is 2.99.